The van der Waals surface area contributed by atoms with Crippen molar-refractivity contribution in [2.45, 2.75) is 58.7 Å². The third-order valence-corrected chi connectivity index (χ3v) is 7.48. The van der Waals surface area contributed by atoms with Crippen molar-refractivity contribution in [3.05, 3.63) is 81.8 Å². The lowest BCUT2D eigenvalue weighted by molar-refractivity contribution is 0.0723. The van der Waals surface area contributed by atoms with E-state index >= 15 is 0 Å². The number of aryl methyl sites for hydroxylation is 1. The third-order valence-electron chi connectivity index (χ3n) is 7.48. The molecule has 2 aromatic carbocycles. The Morgan fingerprint density at radius 3 is 2.44 bits per heavy atom. The molecule has 1 aliphatic carbocycles. The van der Waals surface area contributed by atoms with Gasteiger partial charge in [0, 0.05) is 23.7 Å². The fraction of sp³-hybridized carbons (Fsp3) is 0.429. The molecule has 1 aromatic heterocycles. The van der Waals surface area contributed by atoms with Crippen LogP contribution in [0.2, 0.25) is 0 Å². The fourth-order valence-corrected chi connectivity index (χ4v) is 5.50. The lowest BCUT2D eigenvalue weighted by Crippen LogP contribution is -2.53. The van der Waals surface area contributed by atoms with Crippen molar-refractivity contribution >= 4 is 11.6 Å². The summed E-state index contributed by atoms with van der Waals surface area (Å²) < 4.78 is 7.26. The van der Waals surface area contributed by atoms with E-state index in [0.717, 1.165) is 40.9 Å². The van der Waals surface area contributed by atoms with Gasteiger partial charge in [-0.3, -0.25) is 19.2 Å². The van der Waals surface area contributed by atoms with Crippen LogP contribution < -0.4 is 15.2 Å². The highest BCUT2D eigenvalue weighted by Gasteiger charge is 2.34. The van der Waals surface area contributed by atoms with Crippen molar-refractivity contribution in [3.8, 4) is 5.75 Å². The van der Waals surface area contributed by atoms with E-state index in [0.29, 0.717) is 25.0 Å². The Balaban J connectivity index is 1.58. The van der Waals surface area contributed by atoms with E-state index in [1.165, 1.54) is 25.7 Å². The molecule has 6 nitrogen and oxygen atoms in total. The number of fused-ring (bicyclic) bond motifs is 1. The molecule has 0 N–H and O–H groups in total. The first-order chi connectivity index (χ1) is 16.5. The molecule has 2 heterocycles. The van der Waals surface area contributed by atoms with Gasteiger partial charge in [-0.2, -0.15) is 0 Å². The molecule has 2 atom stereocenters. The molecule has 1 saturated carbocycles. The maximum absolute atomic E-state index is 13.9. The molecule has 0 bridgehead atoms. The molecule has 0 saturated heterocycles. The Kier molecular flexibility index (Phi) is 6.42. The Hall–Kier alpha value is -3.12. The second kappa shape index (κ2) is 9.63. The van der Waals surface area contributed by atoms with Crippen LogP contribution in [0.25, 0.3) is 0 Å². The zero-order valence-electron chi connectivity index (χ0n) is 20.4. The van der Waals surface area contributed by atoms with Gasteiger partial charge < -0.3 is 4.74 Å². The average molecular weight is 459 g/mol. The van der Waals surface area contributed by atoms with Crippen LogP contribution in [0.1, 0.15) is 49.4 Å². The van der Waals surface area contributed by atoms with Crippen molar-refractivity contribution < 1.29 is 4.74 Å². The van der Waals surface area contributed by atoms with E-state index in [-0.39, 0.29) is 5.56 Å². The highest BCUT2D eigenvalue weighted by atomic mass is 16.5. The molecule has 5 rings (SSSR count). The van der Waals surface area contributed by atoms with E-state index in [4.69, 9.17) is 9.72 Å². The number of nitrogens with zero attached hydrogens (tertiary/aromatic N) is 4. The average Bonchev–Trinajstić information content (AvgIpc) is 2.87. The van der Waals surface area contributed by atoms with E-state index in [2.05, 4.69) is 41.0 Å². The summed E-state index contributed by atoms with van der Waals surface area (Å²) in [6.07, 6.45) is 5.57. The monoisotopic (exact) mass is 458 g/mol. The zero-order chi connectivity index (χ0) is 23.7. The second-order valence-corrected chi connectivity index (χ2v) is 9.70. The number of methoxy groups -OCH3 is 1. The minimum atomic E-state index is 0.0676. The largest absolute Gasteiger partial charge is 0.497 e. The highest BCUT2D eigenvalue weighted by Crippen LogP contribution is 2.34. The predicted molar refractivity (Wildman–Crippen MR) is 136 cm³/mol. The summed E-state index contributed by atoms with van der Waals surface area (Å²) >= 11 is 0. The highest BCUT2D eigenvalue weighted by molar-refractivity contribution is 5.59. The molecular formula is C28H34N4O2. The molecular weight excluding hydrogens is 424 g/mol. The summed E-state index contributed by atoms with van der Waals surface area (Å²) in [6.45, 7) is 5.63. The van der Waals surface area contributed by atoms with Crippen molar-refractivity contribution in [3.63, 3.8) is 0 Å². The van der Waals surface area contributed by atoms with Gasteiger partial charge in [-0.1, -0.05) is 50.1 Å². The van der Waals surface area contributed by atoms with Crippen LogP contribution in [0.4, 0.5) is 11.6 Å². The van der Waals surface area contributed by atoms with Gasteiger partial charge in [0.2, 0.25) is 5.95 Å². The minimum absolute atomic E-state index is 0.0676. The van der Waals surface area contributed by atoms with Crippen molar-refractivity contribution in [2.75, 3.05) is 18.7 Å². The van der Waals surface area contributed by atoms with Gasteiger partial charge in [0.05, 0.1) is 26.1 Å². The number of rotatable bonds is 5. The molecule has 34 heavy (non-hydrogen) atoms. The first-order valence-corrected chi connectivity index (χ1v) is 12.3. The van der Waals surface area contributed by atoms with E-state index in [1.807, 2.05) is 41.8 Å². The number of hydrogen-bond acceptors (Lipinski definition) is 5. The SMILES string of the molecule is COc1ccc(N2CN(C3CCCCC3C)Cn3c2nc(C)c(Cc2ccccc2)c3=O)cc1. The lowest BCUT2D eigenvalue weighted by Gasteiger charge is -2.45. The smallest absolute Gasteiger partial charge is 0.259 e. The molecule has 178 valence electrons. The normalized spacial score (nSPS) is 20.7. The number of ether oxygens (including phenoxy) is 1. The van der Waals surface area contributed by atoms with Crippen LogP contribution >= 0.6 is 0 Å². The van der Waals surface area contributed by atoms with Gasteiger partial charge in [-0.25, -0.2) is 4.98 Å². The Morgan fingerprint density at radius 1 is 1.00 bits per heavy atom. The number of anilines is 2. The van der Waals surface area contributed by atoms with E-state index in [9.17, 15) is 4.79 Å². The molecule has 3 aromatic rings. The number of aromatic nitrogens is 2. The van der Waals surface area contributed by atoms with Crippen LogP contribution in [-0.2, 0) is 13.1 Å². The van der Waals surface area contributed by atoms with E-state index < -0.39 is 0 Å². The maximum atomic E-state index is 13.9. The summed E-state index contributed by atoms with van der Waals surface area (Å²) in [4.78, 5) is 23.5. The topological polar surface area (TPSA) is 50.6 Å². The first kappa shape index (κ1) is 22.7. The molecule has 0 spiro atoms. The van der Waals surface area contributed by atoms with Gasteiger partial charge >= 0.3 is 0 Å². The summed E-state index contributed by atoms with van der Waals surface area (Å²) in [7, 11) is 1.68. The third kappa shape index (κ3) is 4.34. The van der Waals surface area contributed by atoms with Gasteiger partial charge in [0.25, 0.3) is 5.56 Å². The number of benzene rings is 2. The summed E-state index contributed by atoms with van der Waals surface area (Å²) in [5, 5.41) is 0. The standard InChI is InChI=1S/C28H34N4O2/c1-20-9-7-8-12-26(20)30-18-31(23-13-15-24(34-3)16-14-23)28-29-21(2)25(27(33)32(28)19-30)17-22-10-5-4-6-11-22/h4-6,10-11,13-16,20,26H,7-9,12,17-19H2,1-3H3. The molecule has 6 heteroatoms. The summed E-state index contributed by atoms with van der Waals surface area (Å²) in [5.74, 6) is 2.16. The van der Waals surface area contributed by atoms with Crippen LogP contribution in [0.15, 0.2) is 59.4 Å². The van der Waals surface area contributed by atoms with Crippen LogP contribution in [-0.4, -0.2) is 34.3 Å². The predicted octanol–water partition coefficient (Wildman–Crippen LogP) is 5.10. The number of hydrogen-bond donors (Lipinski definition) is 0. The van der Waals surface area contributed by atoms with Crippen LogP contribution in [0.5, 0.6) is 5.75 Å². The molecule has 0 radical (unpaired) electrons. The fourth-order valence-electron chi connectivity index (χ4n) is 5.50. The Bertz CT molecular complexity index is 1190. The molecule has 1 aliphatic heterocycles. The summed E-state index contributed by atoms with van der Waals surface area (Å²) in [6, 6.07) is 18.7. The van der Waals surface area contributed by atoms with Crippen LogP contribution in [0.3, 0.4) is 0 Å². The van der Waals surface area contributed by atoms with Gasteiger partial charge in [-0.15, -0.1) is 0 Å². The van der Waals surface area contributed by atoms with Crippen LogP contribution in [0, 0.1) is 12.8 Å². The minimum Gasteiger partial charge on any atom is -0.497 e. The first-order valence-electron chi connectivity index (χ1n) is 12.3. The molecule has 2 unspecified atom stereocenters. The Morgan fingerprint density at radius 2 is 1.74 bits per heavy atom. The summed E-state index contributed by atoms with van der Waals surface area (Å²) in [5.41, 5.74) is 3.80. The molecule has 0 amide bonds. The Labute approximate surface area is 201 Å². The maximum Gasteiger partial charge on any atom is 0.259 e. The van der Waals surface area contributed by atoms with Crippen molar-refractivity contribution in [1.29, 1.82) is 0 Å². The van der Waals surface area contributed by atoms with Gasteiger partial charge in [0.15, 0.2) is 0 Å². The lowest BCUT2D eigenvalue weighted by atomic mass is 9.85. The second-order valence-electron chi connectivity index (χ2n) is 9.70. The molecule has 2 aliphatic rings. The van der Waals surface area contributed by atoms with Crippen molar-refractivity contribution in [2.24, 2.45) is 5.92 Å². The quantitative estimate of drug-likeness (QED) is 0.533. The van der Waals surface area contributed by atoms with Gasteiger partial charge in [0.1, 0.15) is 5.75 Å². The van der Waals surface area contributed by atoms with E-state index in [1.54, 1.807) is 7.11 Å². The zero-order valence-corrected chi connectivity index (χ0v) is 20.4. The molecule has 1 fully saturated rings. The van der Waals surface area contributed by atoms with Crippen molar-refractivity contribution in [1.82, 2.24) is 14.5 Å². The van der Waals surface area contributed by atoms with Gasteiger partial charge in [-0.05, 0) is 55.5 Å².